The molecule has 0 bridgehead atoms. The molecule has 2 N–H and O–H groups in total. The van der Waals surface area contributed by atoms with Crippen molar-refractivity contribution in [2.75, 3.05) is 13.6 Å². The zero-order chi connectivity index (χ0) is 12.5. The molecule has 1 unspecified atom stereocenters. The summed E-state index contributed by atoms with van der Waals surface area (Å²) in [7, 11) is 2.12. The van der Waals surface area contributed by atoms with Gasteiger partial charge in [0.1, 0.15) is 0 Å². The first-order valence-electron chi connectivity index (χ1n) is 6.19. The summed E-state index contributed by atoms with van der Waals surface area (Å²) in [5.41, 5.74) is 7.53. The molecule has 0 heterocycles. The lowest BCUT2D eigenvalue weighted by molar-refractivity contribution is 0.232. The Hall–Kier alpha value is -0.570. The van der Waals surface area contributed by atoms with Gasteiger partial charge in [-0.3, -0.25) is 0 Å². The van der Waals surface area contributed by atoms with Crippen molar-refractivity contribution in [3.8, 4) is 0 Å². The largest absolute Gasteiger partial charge is 0.324 e. The third-order valence-corrected chi connectivity index (χ3v) is 3.70. The van der Waals surface area contributed by atoms with Crippen LogP contribution in [0.4, 0.5) is 0 Å². The van der Waals surface area contributed by atoms with E-state index >= 15 is 0 Å². The molecule has 0 aliphatic heterocycles. The van der Waals surface area contributed by atoms with E-state index in [1.165, 1.54) is 18.4 Å². The van der Waals surface area contributed by atoms with E-state index in [2.05, 4.69) is 24.9 Å². The Labute approximate surface area is 109 Å². The maximum Gasteiger partial charge on any atom is 0.0409 e. The molecule has 2 nitrogen and oxygen atoms in total. The molecular formula is C14H21ClN2. The Kier molecular flexibility index (Phi) is 3.76. The van der Waals surface area contributed by atoms with Crippen molar-refractivity contribution in [3.63, 3.8) is 0 Å². The van der Waals surface area contributed by atoms with E-state index in [1.54, 1.807) is 0 Å². The van der Waals surface area contributed by atoms with Crippen LogP contribution in [0.15, 0.2) is 24.3 Å². The summed E-state index contributed by atoms with van der Waals surface area (Å²) < 4.78 is 0. The number of halogens is 1. The van der Waals surface area contributed by atoms with Gasteiger partial charge in [-0.2, -0.15) is 0 Å². The van der Waals surface area contributed by atoms with Gasteiger partial charge in [-0.1, -0.05) is 23.7 Å². The van der Waals surface area contributed by atoms with E-state index in [-0.39, 0.29) is 5.54 Å². The van der Waals surface area contributed by atoms with Crippen LogP contribution in [-0.2, 0) is 6.54 Å². The van der Waals surface area contributed by atoms with Crippen molar-refractivity contribution in [2.45, 2.75) is 31.8 Å². The van der Waals surface area contributed by atoms with Crippen molar-refractivity contribution in [2.24, 2.45) is 11.7 Å². The van der Waals surface area contributed by atoms with Crippen molar-refractivity contribution in [1.29, 1.82) is 0 Å². The van der Waals surface area contributed by atoms with Gasteiger partial charge in [-0.05, 0) is 50.4 Å². The molecule has 1 aromatic carbocycles. The number of nitrogens with two attached hydrogens (primary N) is 1. The maximum atomic E-state index is 6.34. The molecule has 94 valence electrons. The van der Waals surface area contributed by atoms with Gasteiger partial charge in [0, 0.05) is 23.7 Å². The van der Waals surface area contributed by atoms with Crippen molar-refractivity contribution < 1.29 is 0 Å². The van der Waals surface area contributed by atoms with Crippen LogP contribution in [-0.4, -0.2) is 24.0 Å². The van der Waals surface area contributed by atoms with Crippen LogP contribution in [0.1, 0.15) is 25.3 Å². The molecule has 0 radical (unpaired) electrons. The van der Waals surface area contributed by atoms with Gasteiger partial charge in [0.05, 0.1) is 0 Å². The first-order valence-corrected chi connectivity index (χ1v) is 6.57. The highest BCUT2D eigenvalue weighted by atomic mass is 35.5. The van der Waals surface area contributed by atoms with Gasteiger partial charge in [0.15, 0.2) is 0 Å². The highest BCUT2D eigenvalue weighted by Crippen LogP contribution is 2.38. The summed E-state index contributed by atoms with van der Waals surface area (Å²) in [6.07, 6.45) is 2.58. The van der Waals surface area contributed by atoms with Crippen LogP contribution in [0.5, 0.6) is 0 Å². The van der Waals surface area contributed by atoms with Crippen LogP contribution in [0.25, 0.3) is 0 Å². The number of nitrogens with zero attached hydrogens (tertiary/aromatic N) is 1. The molecule has 1 saturated carbocycles. The Bertz CT molecular complexity index is 386. The van der Waals surface area contributed by atoms with Gasteiger partial charge in [-0.25, -0.2) is 0 Å². The number of likely N-dealkylation sites (N-methyl/N-ethyl adjacent to an activating group) is 1. The quantitative estimate of drug-likeness (QED) is 0.873. The lowest BCUT2D eigenvalue weighted by Crippen LogP contribution is -2.48. The fourth-order valence-electron chi connectivity index (χ4n) is 2.46. The van der Waals surface area contributed by atoms with E-state index in [0.717, 1.165) is 18.1 Å². The summed E-state index contributed by atoms with van der Waals surface area (Å²) in [6, 6.07) is 8.02. The molecular weight excluding hydrogens is 232 g/mol. The van der Waals surface area contributed by atoms with Crippen LogP contribution in [0, 0.1) is 5.92 Å². The SMILES string of the molecule is CN(Cc1cccc(Cl)c1)CC(C)(N)C1CC1. The third kappa shape index (κ3) is 3.70. The number of benzene rings is 1. The van der Waals surface area contributed by atoms with E-state index in [0.29, 0.717) is 5.92 Å². The molecule has 1 aliphatic rings. The fourth-order valence-corrected chi connectivity index (χ4v) is 2.67. The summed E-state index contributed by atoms with van der Waals surface area (Å²) in [5, 5.41) is 0.800. The maximum absolute atomic E-state index is 6.34. The third-order valence-electron chi connectivity index (χ3n) is 3.46. The van der Waals surface area contributed by atoms with Gasteiger partial charge in [-0.15, -0.1) is 0 Å². The minimum Gasteiger partial charge on any atom is -0.324 e. The topological polar surface area (TPSA) is 29.3 Å². The van der Waals surface area contributed by atoms with E-state index in [4.69, 9.17) is 17.3 Å². The number of rotatable bonds is 5. The van der Waals surface area contributed by atoms with Gasteiger partial charge in [0.2, 0.25) is 0 Å². The first-order chi connectivity index (χ1) is 7.97. The van der Waals surface area contributed by atoms with Gasteiger partial charge >= 0.3 is 0 Å². The molecule has 0 spiro atoms. The first kappa shape index (κ1) is 12.9. The van der Waals surface area contributed by atoms with Crippen LogP contribution in [0.3, 0.4) is 0 Å². The molecule has 0 saturated heterocycles. The minimum atomic E-state index is -0.0483. The van der Waals surface area contributed by atoms with Crippen LogP contribution in [0.2, 0.25) is 5.02 Å². The Morgan fingerprint density at radius 3 is 2.76 bits per heavy atom. The highest BCUT2D eigenvalue weighted by Gasteiger charge is 2.38. The summed E-state index contributed by atoms with van der Waals surface area (Å²) in [4.78, 5) is 2.28. The van der Waals surface area contributed by atoms with Crippen molar-refractivity contribution in [1.82, 2.24) is 4.90 Å². The minimum absolute atomic E-state index is 0.0483. The molecule has 3 heteroatoms. The monoisotopic (exact) mass is 252 g/mol. The summed E-state index contributed by atoms with van der Waals surface area (Å²) >= 11 is 5.98. The molecule has 2 rings (SSSR count). The number of hydrogen-bond acceptors (Lipinski definition) is 2. The molecule has 0 aromatic heterocycles. The predicted molar refractivity (Wildman–Crippen MR) is 73.1 cm³/mol. The second-order valence-electron chi connectivity index (χ2n) is 5.58. The summed E-state index contributed by atoms with van der Waals surface area (Å²) in [6.45, 7) is 4.00. The fraction of sp³-hybridized carbons (Fsp3) is 0.571. The van der Waals surface area contributed by atoms with Crippen molar-refractivity contribution >= 4 is 11.6 Å². The van der Waals surface area contributed by atoms with E-state index in [1.807, 2.05) is 18.2 Å². The van der Waals surface area contributed by atoms with Crippen LogP contribution >= 0.6 is 11.6 Å². The average molecular weight is 253 g/mol. The highest BCUT2D eigenvalue weighted by molar-refractivity contribution is 6.30. The number of hydrogen-bond donors (Lipinski definition) is 1. The standard InChI is InChI=1S/C14H21ClN2/c1-14(16,12-6-7-12)10-17(2)9-11-4-3-5-13(15)8-11/h3-5,8,12H,6-7,9-10,16H2,1-2H3. The lowest BCUT2D eigenvalue weighted by atomic mass is 9.96. The molecule has 1 aliphatic carbocycles. The average Bonchev–Trinajstić information content (AvgIpc) is 2.98. The molecule has 1 fully saturated rings. The lowest BCUT2D eigenvalue weighted by Gasteiger charge is -2.30. The second-order valence-corrected chi connectivity index (χ2v) is 6.02. The Morgan fingerprint density at radius 2 is 2.18 bits per heavy atom. The summed E-state index contributed by atoms with van der Waals surface area (Å²) in [5.74, 6) is 0.712. The normalized spacial score (nSPS) is 19.4. The molecule has 0 amide bonds. The molecule has 17 heavy (non-hydrogen) atoms. The molecule has 1 atom stereocenters. The smallest absolute Gasteiger partial charge is 0.0409 e. The van der Waals surface area contributed by atoms with Crippen molar-refractivity contribution in [3.05, 3.63) is 34.9 Å². The zero-order valence-electron chi connectivity index (χ0n) is 10.6. The Morgan fingerprint density at radius 1 is 1.47 bits per heavy atom. The predicted octanol–water partition coefficient (Wildman–Crippen LogP) is 2.90. The molecule has 1 aromatic rings. The van der Waals surface area contributed by atoms with E-state index in [9.17, 15) is 0 Å². The van der Waals surface area contributed by atoms with Crippen LogP contribution < -0.4 is 5.73 Å². The second kappa shape index (κ2) is 4.97. The Balaban J connectivity index is 1.90. The van der Waals surface area contributed by atoms with E-state index < -0.39 is 0 Å². The zero-order valence-corrected chi connectivity index (χ0v) is 11.4. The van der Waals surface area contributed by atoms with Gasteiger partial charge < -0.3 is 10.6 Å². The van der Waals surface area contributed by atoms with Gasteiger partial charge in [0.25, 0.3) is 0 Å².